The number of halogens is 3. The summed E-state index contributed by atoms with van der Waals surface area (Å²) in [6.45, 7) is 1.77. The van der Waals surface area contributed by atoms with Crippen molar-refractivity contribution in [3.63, 3.8) is 0 Å². The second kappa shape index (κ2) is 6.64. The van der Waals surface area contributed by atoms with Crippen molar-refractivity contribution < 1.29 is 18.0 Å². The van der Waals surface area contributed by atoms with Crippen LogP contribution in [0.25, 0.3) is 0 Å². The van der Waals surface area contributed by atoms with E-state index in [1.165, 1.54) is 18.5 Å². The Labute approximate surface area is 126 Å². The second-order valence-electron chi connectivity index (χ2n) is 5.06. The van der Waals surface area contributed by atoms with Gasteiger partial charge in [0.25, 0.3) is 0 Å². The van der Waals surface area contributed by atoms with Crippen LogP contribution in [0.3, 0.4) is 0 Å². The Morgan fingerprint density at radius 3 is 2.73 bits per heavy atom. The van der Waals surface area contributed by atoms with E-state index in [0.29, 0.717) is 0 Å². The molecule has 1 aromatic heterocycles. The molecule has 0 saturated carbocycles. The molecule has 2 aromatic rings. The Kier molecular flexibility index (Phi) is 4.85. The Hall–Kier alpha value is -2.31. The molecular weight excluding hydrogens is 295 g/mol. The number of hydrogen-bond donors (Lipinski definition) is 1. The average Bonchev–Trinajstić information content (AvgIpc) is 2.90. The molecule has 1 aromatic carbocycles. The van der Waals surface area contributed by atoms with Gasteiger partial charge in [-0.25, -0.2) is 4.98 Å². The van der Waals surface area contributed by atoms with Gasteiger partial charge in [0.15, 0.2) is 0 Å². The molecule has 22 heavy (non-hydrogen) atoms. The van der Waals surface area contributed by atoms with Crippen molar-refractivity contribution in [1.82, 2.24) is 14.9 Å². The van der Waals surface area contributed by atoms with Crippen LogP contribution in [0.4, 0.5) is 13.2 Å². The predicted molar refractivity (Wildman–Crippen MR) is 75.0 cm³/mol. The van der Waals surface area contributed by atoms with Crippen LogP contribution >= 0.6 is 0 Å². The van der Waals surface area contributed by atoms with E-state index >= 15 is 0 Å². The van der Waals surface area contributed by atoms with Crippen molar-refractivity contribution in [3.05, 3.63) is 54.1 Å². The number of nitrogens with zero attached hydrogens (tertiary/aromatic N) is 2. The molecule has 0 unspecified atom stereocenters. The topological polar surface area (TPSA) is 46.9 Å². The maximum atomic E-state index is 12.9. The van der Waals surface area contributed by atoms with Crippen LogP contribution in [-0.4, -0.2) is 21.5 Å². The fourth-order valence-corrected chi connectivity index (χ4v) is 2.22. The Morgan fingerprint density at radius 1 is 1.36 bits per heavy atom. The van der Waals surface area contributed by atoms with E-state index in [9.17, 15) is 18.0 Å². The molecule has 0 aliphatic rings. The fourth-order valence-electron chi connectivity index (χ4n) is 2.22. The summed E-state index contributed by atoms with van der Waals surface area (Å²) >= 11 is 0. The number of nitrogens with one attached hydrogen (secondary N) is 1. The largest absolute Gasteiger partial charge is 0.416 e. The lowest BCUT2D eigenvalue weighted by Gasteiger charge is -2.17. The smallest absolute Gasteiger partial charge is 0.352 e. The number of carbonyl (C=O) groups is 1. The second-order valence-corrected chi connectivity index (χ2v) is 5.06. The lowest BCUT2D eigenvalue weighted by atomic mass is 10.0. The fraction of sp³-hybridized carbons (Fsp3) is 0.333. The first kappa shape index (κ1) is 16.1. The molecule has 0 aliphatic heterocycles. The first-order valence-corrected chi connectivity index (χ1v) is 6.76. The molecule has 4 nitrogen and oxygen atoms in total. The molecular formula is C15H16F3N3O. The normalized spacial score (nSPS) is 12.9. The first-order valence-electron chi connectivity index (χ1n) is 6.76. The van der Waals surface area contributed by atoms with Crippen molar-refractivity contribution in [1.29, 1.82) is 0 Å². The van der Waals surface area contributed by atoms with Crippen molar-refractivity contribution in [2.24, 2.45) is 0 Å². The molecule has 1 atom stereocenters. The highest BCUT2D eigenvalue weighted by Crippen LogP contribution is 2.32. The minimum Gasteiger partial charge on any atom is -0.352 e. The number of benzene rings is 1. The maximum Gasteiger partial charge on any atom is 0.416 e. The molecule has 0 fully saturated rings. The molecule has 0 spiro atoms. The van der Waals surface area contributed by atoms with Crippen LogP contribution in [0, 0.1) is 0 Å². The summed E-state index contributed by atoms with van der Waals surface area (Å²) in [6.07, 6.45) is 0.422. The standard InChI is InChI=1S/C15H16F3N3O/c1-11(20-14(22)9-21-7-6-19-10-21)8-12-4-2-3-5-13(12)15(16,17)18/h2-7,10-11H,8-9H2,1H3,(H,20,22)/t11-/m0/s1. The molecule has 1 amide bonds. The number of rotatable bonds is 5. The number of amides is 1. The lowest BCUT2D eigenvalue weighted by molar-refractivity contribution is -0.138. The summed E-state index contributed by atoms with van der Waals surface area (Å²) in [6, 6.07) is 5.00. The zero-order chi connectivity index (χ0) is 16.2. The van der Waals surface area contributed by atoms with E-state index in [1.54, 1.807) is 30.0 Å². The highest BCUT2D eigenvalue weighted by atomic mass is 19.4. The Balaban J connectivity index is 1.97. The van der Waals surface area contributed by atoms with Gasteiger partial charge in [0.2, 0.25) is 5.91 Å². The van der Waals surface area contributed by atoms with Crippen molar-refractivity contribution in [2.75, 3.05) is 0 Å². The molecule has 1 N–H and O–H groups in total. The van der Waals surface area contributed by atoms with Gasteiger partial charge in [-0.15, -0.1) is 0 Å². The van der Waals surface area contributed by atoms with Gasteiger partial charge in [-0.2, -0.15) is 13.2 Å². The monoisotopic (exact) mass is 311 g/mol. The Morgan fingerprint density at radius 2 is 2.09 bits per heavy atom. The van der Waals surface area contributed by atoms with Gasteiger partial charge in [0.05, 0.1) is 11.9 Å². The maximum absolute atomic E-state index is 12.9. The summed E-state index contributed by atoms with van der Waals surface area (Å²) in [5.41, 5.74) is -0.490. The van der Waals surface area contributed by atoms with Gasteiger partial charge in [0.1, 0.15) is 6.54 Å². The first-order chi connectivity index (χ1) is 10.4. The highest BCUT2D eigenvalue weighted by molar-refractivity contribution is 5.76. The van der Waals surface area contributed by atoms with Gasteiger partial charge in [0, 0.05) is 18.4 Å². The zero-order valence-corrected chi connectivity index (χ0v) is 12.0. The summed E-state index contributed by atoms with van der Waals surface area (Å²) < 4.78 is 40.3. The van der Waals surface area contributed by atoms with Crippen LogP contribution in [-0.2, 0) is 23.9 Å². The van der Waals surface area contributed by atoms with Crippen LogP contribution in [0.1, 0.15) is 18.1 Å². The summed E-state index contributed by atoms with van der Waals surface area (Å²) in [5, 5.41) is 2.69. The van der Waals surface area contributed by atoms with E-state index in [1.807, 2.05) is 0 Å². The number of carbonyl (C=O) groups excluding carboxylic acids is 1. The van der Waals surface area contributed by atoms with E-state index in [4.69, 9.17) is 0 Å². The van der Waals surface area contributed by atoms with E-state index < -0.39 is 17.8 Å². The summed E-state index contributed by atoms with van der Waals surface area (Å²) in [5.74, 6) is -0.269. The third-order valence-corrected chi connectivity index (χ3v) is 3.14. The molecule has 0 bridgehead atoms. The third kappa shape index (κ3) is 4.34. The van der Waals surface area contributed by atoms with Gasteiger partial charge in [-0.1, -0.05) is 18.2 Å². The van der Waals surface area contributed by atoms with Gasteiger partial charge in [-0.05, 0) is 25.0 Å². The SMILES string of the molecule is C[C@@H](Cc1ccccc1C(F)(F)F)NC(=O)Cn1ccnc1. The van der Waals surface area contributed by atoms with E-state index in [0.717, 1.165) is 6.07 Å². The number of imidazole rings is 1. The Bertz CT molecular complexity index is 623. The number of hydrogen-bond acceptors (Lipinski definition) is 2. The van der Waals surface area contributed by atoms with Crippen LogP contribution in [0.2, 0.25) is 0 Å². The quantitative estimate of drug-likeness (QED) is 0.923. The molecule has 2 rings (SSSR count). The number of aromatic nitrogens is 2. The van der Waals surface area contributed by atoms with E-state index in [-0.39, 0.29) is 24.4 Å². The lowest BCUT2D eigenvalue weighted by Crippen LogP contribution is -2.36. The van der Waals surface area contributed by atoms with Crippen molar-refractivity contribution in [3.8, 4) is 0 Å². The van der Waals surface area contributed by atoms with Crippen LogP contribution < -0.4 is 5.32 Å². The molecule has 7 heteroatoms. The number of alkyl halides is 3. The molecule has 1 heterocycles. The van der Waals surface area contributed by atoms with Gasteiger partial charge < -0.3 is 9.88 Å². The molecule has 118 valence electrons. The molecule has 0 radical (unpaired) electrons. The minimum atomic E-state index is -4.39. The van der Waals surface area contributed by atoms with E-state index in [2.05, 4.69) is 10.3 Å². The summed E-state index contributed by atoms with van der Waals surface area (Å²) in [4.78, 5) is 15.6. The van der Waals surface area contributed by atoms with Crippen molar-refractivity contribution in [2.45, 2.75) is 32.1 Å². The van der Waals surface area contributed by atoms with Gasteiger partial charge in [-0.3, -0.25) is 4.79 Å². The predicted octanol–water partition coefficient (Wildman–Crippen LogP) is 2.65. The third-order valence-electron chi connectivity index (χ3n) is 3.14. The summed E-state index contributed by atoms with van der Waals surface area (Å²) in [7, 11) is 0. The highest BCUT2D eigenvalue weighted by Gasteiger charge is 2.33. The average molecular weight is 311 g/mol. The van der Waals surface area contributed by atoms with Crippen LogP contribution in [0.5, 0.6) is 0 Å². The van der Waals surface area contributed by atoms with Gasteiger partial charge >= 0.3 is 6.18 Å². The minimum absolute atomic E-state index is 0.0885. The van der Waals surface area contributed by atoms with Crippen molar-refractivity contribution >= 4 is 5.91 Å². The zero-order valence-electron chi connectivity index (χ0n) is 12.0. The van der Waals surface area contributed by atoms with Crippen LogP contribution in [0.15, 0.2) is 43.0 Å². The molecule has 0 saturated heterocycles. The molecule has 0 aliphatic carbocycles.